The van der Waals surface area contributed by atoms with Crippen molar-refractivity contribution < 1.29 is 4.74 Å². The maximum atomic E-state index is 7.12. The second-order valence-electron chi connectivity index (χ2n) is 23.0. The fourth-order valence-electron chi connectivity index (χ4n) is 10.5. The summed E-state index contributed by atoms with van der Waals surface area (Å²) in [6, 6.07) is 62.1. The van der Waals surface area contributed by atoms with E-state index in [-0.39, 0.29) is 16.2 Å². The van der Waals surface area contributed by atoms with Gasteiger partial charge in [0, 0.05) is 57.7 Å². The highest BCUT2D eigenvalue weighted by Crippen LogP contribution is 2.45. The summed E-state index contributed by atoms with van der Waals surface area (Å²) < 4.78 is 9.43. The number of hydrogen-bond donors (Lipinski definition) is 0. The van der Waals surface area contributed by atoms with Crippen molar-refractivity contribution >= 4 is 38.9 Å². The Kier molecular flexibility index (Phi) is 12.5. The van der Waals surface area contributed by atoms with Crippen LogP contribution in [0.3, 0.4) is 0 Å². The number of ether oxygens (including phenoxy) is 1. The molecule has 3 heterocycles. The maximum absolute atomic E-state index is 7.12. The predicted molar refractivity (Wildman–Crippen MR) is 305 cm³/mol. The van der Waals surface area contributed by atoms with Gasteiger partial charge in [0.05, 0.1) is 23.4 Å². The molecule has 9 aromatic rings. The van der Waals surface area contributed by atoms with Gasteiger partial charge in [-0.3, -0.25) is 4.57 Å². The Hall–Kier alpha value is -7.37. The lowest BCUT2D eigenvalue weighted by atomic mass is 9.78. The quantitative estimate of drug-likeness (QED) is 0.129. The van der Waals surface area contributed by atoms with Crippen molar-refractivity contribution in [2.45, 2.75) is 111 Å². The molecule has 1 aliphatic rings. The van der Waals surface area contributed by atoms with Crippen molar-refractivity contribution in [2.24, 2.45) is 0 Å². The van der Waals surface area contributed by atoms with Gasteiger partial charge in [-0.25, -0.2) is 4.98 Å². The highest BCUT2D eigenvalue weighted by molar-refractivity contribution is 6.10. The van der Waals surface area contributed by atoms with Crippen LogP contribution in [-0.2, 0) is 16.2 Å². The van der Waals surface area contributed by atoms with Crippen LogP contribution < -0.4 is 14.5 Å². The standard InChI is InChI=1S/C67H70N4O/c1-44(2)56-27-20-28-57(45(3)4)64(56)62-42-69(43-70(62)52-26-19-25-51(37-52)67(11,12)48-23-17-14-18-24-48)53-35-47(46-21-15-13-16-22-46)36-55(40-53)72-54-30-31-58-59-38-49(65(5,6)7)29-32-60(59)71(61(58)41-54)63-39-50(33-34-68-63)66(8,9)10/h13-42,44-45H,43H2,1-12H3. The number of aromatic nitrogens is 2. The average Bonchev–Trinajstić information content (AvgIpc) is 3.96. The Morgan fingerprint density at radius 1 is 0.486 bits per heavy atom. The van der Waals surface area contributed by atoms with Crippen LogP contribution >= 0.6 is 0 Å². The summed E-state index contributed by atoms with van der Waals surface area (Å²) >= 11 is 0. The summed E-state index contributed by atoms with van der Waals surface area (Å²) in [6.45, 7) is 28.1. The van der Waals surface area contributed by atoms with Gasteiger partial charge in [-0.1, -0.05) is 180 Å². The van der Waals surface area contributed by atoms with Gasteiger partial charge in [-0.2, -0.15) is 0 Å². The molecule has 0 unspecified atom stereocenters. The van der Waals surface area contributed by atoms with E-state index in [9.17, 15) is 0 Å². The highest BCUT2D eigenvalue weighted by Gasteiger charge is 2.32. The molecular formula is C67H70N4O. The maximum Gasteiger partial charge on any atom is 0.137 e. The Morgan fingerprint density at radius 3 is 1.82 bits per heavy atom. The van der Waals surface area contributed by atoms with E-state index < -0.39 is 0 Å². The number of anilines is 2. The molecule has 0 radical (unpaired) electrons. The molecule has 10 rings (SSSR count). The van der Waals surface area contributed by atoms with E-state index in [0.29, 0.717) is 18.5 Å². The Bertz CT molecular complexity index is 3450. The third kappa shape index (κ3) is 9.22. The van der Waals surface area contributed by atoms with Crippen LogP contribution in [0.1, 0.15) is 134 Å². The topological polar surface area (TPSA) is 33.5 Å². The third-order valence-electron chi connectivity index (χ3n) is 14.9. The Labute approximate surface area is 428 Å². The molecule has 72 heavy (non-hydrogen) atoms. The van der Waals surface area contributed by atoms with Gasteiger partial charge in [-0.05, 0) is 128 Å². The van der Waals surface area contributed by atoms with E-state index in [1.165, 1.54) is 55.4 Å². The molecule has 0 atom stereocenters. The molecule has 364 valence electrons. The third-order valence-corrected chi connectivity index (χ3v) is 14.9. The second kappa shape index (κ2) is 18.7. The van der Waals surface area contributed by atoms with Gasteiger partial charge < -0.3 is 14.5 Å². The molecule has 0 N–H and O–H groups in total. The first-order chi connectivity index (χ1) is 34.3. The van der Waals surface area contributed by atoms with Crippen LogP contribution in [0.5, 0.6) is 11.5 Å². The van der Waals surface area contributed by atoms with Crippen molar-refractivity contribution in [1.82, 2.24) is 9.55 Å². The van der Waals surface area contributed by atoms with Crippen LogP contribution in [0.4, 0.5) is 11.4 Å². The van der Waals surface area contributed by atoms with Gasteiger partial charge in [-0.15, -0.1) is 0 Å². The SMILES string of the molecule is CC(C)c1cccc(C(C)C)c1C1=CN(c2cc(Oc3ccc4c5cc(C(C)(C)C)ccc5n(-c5cc(C(C)(C)C)ccn5)c4c3)cc(-c3ccccc3)c2)CN1c1cccc(C(C)(C)c2ccccc2)c1. The minimum absolute atomic E-state index is 0.00227. The smallest absolute Gasteiger partial charge is 0.137 e. The van der Waals surface area contributed by atoms with E-state index in [2.05, 4.69) is 274 Å². The molecule has 0 amide bonds. The number of rotatable bonds is 11. The minimum Gasteiger partial charge on any atom is -0.457 e. The minimum atomic E-state index is -0.199. The van der Waals surface area contributed by atoms with E-state index in [1.807, 2.05) is 6.20 Å². The zero-order valence-electron chi connectivity index (χ0n) is 44.4. The van der Waals surface area contributed by atoms with Crippen LogP contribution in [0.2, 0.25) is 0 Å². The molecule has 5 nitrogen and oxygen atoms in total. The lowest BCUT2D eigenvalue weighted by molar-refractivity contribution is 0.483. The zero-order chi connectivity index (χ0) is 50.7. The second-order valence-corrected chi connectivity index (χ2v) is 23.0. The molecular weight excluding hydrogens is 877 g/mol. The summed E-state index contributed by atoms with van der Waals surface area (Å²) in [5, 5.41) is 2.37. The molecule has 0 saturated heterocycles. The molecule has 0 spiro atoms. The number of pyridine rings is 1. The molecule has 0 bridgehead atoms. The number of nitrogens with zero attached hydrogens (tertiary/aromatic N) is 4. The summed E-state index contributed by atoms with van der Waals surface area (Å²) in [7, 11) is 0. The normalized spacial score (nSPS) is 13.5. The van der Waals surface area contributed by atoms with Crippen molar-refractivity contribution in [2.75, 3.05) is 16.5 Å². The molecule has 0 fully saturated rings. The Balaban J connectivity index is 1.12. The van der Waals surface area contributed by atoms with Crippen molar-refractivity contribution in [3.05, 3.63) is 221 Å². The lowest BCUT2D eigenvalue weighted by Crippen LogP contribution is -2.27. The summed E-state index contributed by atoms with van der Waals surface area (Å²) in [5.74, 6) is 3.08. The van der Waals surface area contributed by atoms with Crippen molar-refractivity contribution in [3.8, 4) is 28.4 Å². The van der Waals surface area contributed by atoms with Gasteiger partial charge in [0.2, 0.25) is 0 Å². The summed E-state index contributed by atoms with van der Waals surface area (Å²) in [6.07, 6.45) is 4.33. The number of fused-ring (bicyclic) bond motifs is 3. The van der Waals surface area contributed by atoms with Crippen LogP contribution in [0.25, 0.3) is 44.4 Å². The molecule has 1 aliphatic heterocycles. The van der Waals surface area contributed by atoms with Crippen LogP contribution in [-0.4, -0.2) is 16.2 Å². The highest BCUT2D eigenvalue weighted by atomic mass is 16.5. The molecule has 0 aliphatic carbocycles. The zero-order valence-corrected chi connectivity index (χ0v) is 44.4. The fourth-order valence-corrected chi connectivity index (χ4v) is 10.5. The van der Waals surface area contributed by atoms with Crippen LogP contribution in [0.15, 0.2) is 182 Å². The van der Waals surface area contributed by atoms with Gasteiger partial charge >= 0.3 is 0 Å². The van der Waals surface area contributed by atoms with E-state index in [1.54, 1.807) is 0 Å². The largest absolute Gasteiger partial charge is 0.457 e. The Morgan fingerprint density at radius 2 is 1.14 bits per heavy atom. The first-order valence-electron chi connectivity index (χ1n) is 25.8. The van der Waals surface area contributed by atoms with Gasteiger partial charge in [0.1, 0.15) is 17.3 Å². The fraction of sp³-hybridized carbons (Fsp3) is 0.269. The molecule has 5 heteroatoms. The van der Waals surface area contributed by atoms with Gasteiger partial charge in [0.25, 0.3) is 0 Å². The summed E-state index contributed by atoms with van der Waals surface area (Å²) in [5.41, 5.74) is 16.7. The molecule has 2 aromatic heterocycles. The van der Waals surface area contributed by atoms with E-state index >= 15 is 0 Å². The average molecular weight is 947 g/mol. The van der Waals surface area contributed by atoms with Crippen molar-refractivity contribution in [3.63, 3.8) is 0 Å². The monoisotopic (exact) mass is 947 g/mol. The van der Waals surface area contributed by atoms with Crippen molar-refractivity contribution in [1.29, 1.82) is 0 Å². The molecule has 0 saturated carbocycles. The van der Waals surface area contributed by atoms with Crippen LogP contribution in [0, 0.1) is 0 Å². The number of hydrogen-bond acceptors (Lipinski definition) is 4. The first-order valence-corrected chi connectivity index (χ1v) is 25.8. The first kappa shape index (κ1) is 48.3. The predicted octanol–water partition coefficient (Wildman–Crippen LogP) is 18.1. The number of benzene rings is 7. The molecule has 7 aromatic carbocycles. The lowest BCUT2D eigenvalue weighted by Gasteiger charge is -2.31. The van der Waals surface area contributed by atoms with E-state index in [0.717, 1.165) is 50.9 Å². The van der Waals surface area contributed by atoms with E-state index in [4.69, 9.17) is 9.72 Å². The van der Waals surface area contributed by atoms with Gasteiger partial charge in [0.15, 0.2) is 0 Å². The summed E-state index contributed by atoms with van der Waals surface area (Å²) in [4.78, 5) is 9.94.